The summed E-state index contributed by atoms with van der Waals surface area (Å²) in [7, 11) is -1.36. The van der Waals surface area contributed by atoms with Crippen LogP contribution in [0.2, 0.25) is 0 Å². The van der Waals surface area contributed by atoms with Crippen molar-refractivity contribution in [1.82, 2.24) is 29.4 Å². The molecule has 288 valence electrons. The van der Waals surface area contributed by atoms with Crippen molar-refractivity contribution in [2.24, 2.45) is 5.92 Å². The lowest BCUT2D eigenvalue weighted by atomic mass is 10.0. The number of nitrogens with one attached hydrogen (secondary N) is 2. The Balaban J connectivity index is 0.871. The van der Waals surface area contributed by atoms with Crippen LogP contribution >= 0.6 is 0 Å². The van der Waals surface area contributed by atoms with Gasteiger partial charge in [-0.1, -0.05) is 19.1 Å². The Bertz CT molecular complexity index is 1920. The number of hydrogen-bond acceptors (Lipinski definition) is 9. The molecule has 3 fully saturated rings. The molecule has 0 radical (unpaired) electrons. The highest BCUT2D eigenvalue weighted by Crippen LogP contribution is 2.33. The number of fused-ring (bicyclic) bond motifs is 1. The highest BCUT2D eigenvalue weighted by Gasteiger charge is 2.40. The minimum absolute atomic E-state index is 0.0417. The number of anilines is 2. The number of piperidine rings is 2. The highest BCUT2D eigenvalue weighted by molar-refractivity contribution is 7.82. The molecule has 0 bridgehead atoms. The number of imide groups is 1. The van der Waals surface area contributed by atoms with Crippen LogP contribution in [-0.4, -0.2) is 104 Å². The maximum absolute atomic E-state index is 15.4. The first-order valence-electron chi connectivity index (χ1n) is 18.2. The fourth-order valence-corrected chi connectivity index (χ4v) is 9.01. The Morgan fingerprint density at radius 1 is 0.981 bits per heavy atom. The third kappa shape index (κ3) is 8.42. The number of alkyl halides is 3. The molecule has 12 nitrogen and oxygen atoms in total. The van der Waals surface area contributed by atoms with Gasteiger partial charge in [0.05, 0.1) is 16.1 Å². The van der Waals surface area contributed by atoms with Crippen LogP contribution in [0.25, 0.3) is 0 Å². The van der Waals surface area contributed by atoms with Gasteiger partial charge in [-0.05, 0) is 67.0 Å². The van der Waals surface area contributed by atoms with E-state index in [0.29, 0.717) is 56.2 Å². The average Bonchev–Trinajstić information content (AvgIpc) is 3.45. The summed E-state index contributed by atoms with van der Waals surface area (Å²) in [6.07, 6.45) is -0.482. The molecule has 0 saturated carbocycles. The van der Waals surface area contributed by atoms with Crippen LogP contribution in [0.3, 0.4) is 0 Å². The molecular weight excluding hydrogens is 729 g/mol. The summed E-state index contributed by atoms with van der Waals surface area (Å²) in [4.78, 5) is 51.2. The lowest BCUT2D eigenvalue weighted by Gasteiger charge is -2.37. The molecule has 17 heteroatoms. The highest BCUT2D eigenvalue weighted by atomic mass is 32.2. The molecule has 4 aliphatic heterocycles. The molecule has 54 heavy (non-hydrogen) atoms. The van der Waals surface area contributed by atoms with Gasteiger partial charge in [0.25, 0.3) is 5.91 Å². The summed E-state index contributed by atoms with van der Waals surface area (Å²) in [5.41, 5.74) is 1.56. The van der Waals surface area contributed by atoms with Crippen molar-refractivity contribution >= 4 is 40.3 Å². The van der Waals surface area contributed by atoms with Crippen LogP contribution in [0.5, 0.6) is 0 Å². The third-order valence-corrected chi connectivity index (χ3v) is 12.1. The SMILES string of the molecule is CC(Cc1cccc(S(=O)N2CCC(Nc3ncc(C(F)(F)F)cn3)CC2)c1)CN1CCN(c2cc3c(cc2F)C(=O)N(C2CCC(=O)NC2=O)C3)CC1. The van der Waals surface area contributed by atoms with Crippen molar-refractivity contribution in [3.8, 4) is 0 Å². The predicted molar refractivity (Wildman–Crippen MR) is 192 cm³/mol. The number of aromatic nitrogens is 2. The van der Waals surface area contributed by atoms with Crippen molar-refractivity contribution in [3.05, 3.63) is 76.9 Å². The number of amides is 3. The van der Waals surface area contributed by atoms with E-state index >= 15 is 4.39 Å². The molecule has 3 aromatic rings. The normalized spacial score (nSPS) is 21.6. The second-order valence-electron chi connectivity index (χ2n) is 14.5. The molecule has 1 aromatic heterocycles. The molecule has 3 amide bonds. The van der Waals surface area contributed by atoms with Crippen LogP contribution in [0, 0.1) is 11.7 Å². The number of halogens is 4. The van der Waals surface area contributed by atoms with Crippen LogP contribution in [0.4, 0.5) is 29.2 Å². The van der Waals surface area contributed by atoms with Crippen molar-refractivity contribution < 1.29 is 36.2 Å². The lowest BCUT2D eigenvalue weighted by molar-refractivity contribution is -0.138. The molecule has 2 aromatic carbocycles. The van der Waals surface area contributed by atoms with Gasteiger partial charge in [-0.2, -0.15) is 13.2 Å². The number of carbonyl (C=O) groups excluding carboxylic acids is 3. The van der Waals surface area contributed by atoms with Crippen LogP contribution in [0.1, 0.15) is 59.7 Å². The van der Waals surface area contributed by atoms with Crippen molar-refractivity contribution in [2.45, 2.75) is 68.7 Å². The Morgan fingerprint density at radius 3 is 2.39 bits per heavy atom. The van der Waals surface area contributed by atoms with Crippen LogP contribution < -0.4 is 15.5 Å². The van der Waals surface area contributed by atoms with E-state index < -0.39 is 46.4 Å². The van der Waals surface area contributed by atoms with Crippen molar-refractivity contribution in [2.75, 3.05) is 56.0 Å². The maximum atomic E-state index is 15.4. The zero-order valence-corrected chi connectivity index (χ0v) is 30.6. The average molecular weight is 771 g/mol. The number of rotatable bonds is 10. The maximum Gasteiger partial charge on any atom is 0.419 e. The number of nitrogens with zero attached hydrogens (tertiary/aromatic N) is 6. The van der Waals surface area contributed by atoms with Crippen LogP contribution in [-0.2, 0) is 39.7 Å². The summed E-state index contributed by atoms with van der Waals surface area (Å²) in [6, 6.07) is 10.0. The molecule has 0 spiro atoms. The minimum atomic E-state index is -4.49. The third-order valence-electron chi connectivity index (χ3n) is 10.6. The van der Waals surface area contributed by atoms with E-state index in [-0.39, 0.29) is 42.8 Å². The van der Waals surface area contributed by atoms with E-state index in [1.165, 1.54) is 11.0 Å². The van der Waals surface area contributed by atoms with E-state index in [0.717, 1.165) is 48.9 Å². The molecule has 0 aliphatic carbocycles. The molecule has 3 unspecified atom stereocenters. The monoisotopic (exact) mass is 770 g/mol. The molecule has 7 rings (SSSR count). The first kappa shape index (κ1) is 37.8. The first-order valence-corrected chi connectivity index (χ1v) is 19.3. The standard InChI is InChI=1S/C37H42F4N8O4S/c1-23(15-24-3-2-4-28(16-24)54(53)48-9-7-27(8-10-48)44-36-42-19-26(20-43-36)37(39,40)41)21-46-11-13-47(14-12-46)32-17-25-22-49(35(52)29(25)18-30(32)38)31-5-6-33(50)45-34(31)51/h2-4,16-20,23,27,31H,5-15,21-22H2,1H3,(H,42,43,44)(H,45,50,51). The fourth-order valence-electron chi connectivity index (χ4n) is 7.73. The van der Waals surface area contributed by atoms with Gasteiger partial charge < -0.3 is 15.1 Å². The summed E-state index contributed by atoms with van der Waals surface area (Å²) in [6.45, 7) is 7.02. The Morgan fingerprint density at radius 2 is 1.70 bits per heavy atom. The molecule has 2 N–H and O–H groups in total. The van der Waals surface area contributed by atoms with Gasteiger partial charge >= 0.3 is 6.18 Å². The first-order chi connectivity index (χ1) is 25.8. The molecule has 3 saturated heterocycles. The largest absolute Gasteiger partial charge is 0.419 e. The number of piperazine rings is 1. The van der Waals surface area contributed by atoms with E-state index in [9.17, 15) is 31.8 Å². The molecule has 4 aliphatic rings. The molecule has 3 atom stereocenters. The smallest absolute Gasteiger partial charge is 0.367 e. The van der Waals surface area contributed by atoms with Gasteiger partial charge in [-0.25, -0.2) is 22.9 Å². The van der Waals surface area contributed by atoms with Gasteiger partial charge in [0.1, 0.15) is 22.8 Å². The van der Waals surface area contributed by atoms with Crippen molar-refractivity contribution in [3.63, 3.8) is 0 Å². The van der Waals surface area contributed by atoms with Gasteiger partial charge in [-0.15, -0.1) is 0 Å². The van der Waals surface area contributed by atoms with E-state index in [1.54, 1.807) is 6.07 Å². The molecular formula is C37H42F4N8O4S. The van der Waals surface area contributed by atoms with E-state index in [2.05, 4.69) is 32.4 Å². The Kier molecular flexibility index (Phi) is 11.0. The van der Waals surface area contributed by atoms with Gasteiger partial charge in [-0.3, -0.25) is 24.6 Å². The fraction of sp³-hybridized carbons (Fsp3) is 0.486. The van der Waals surface area contributed by atoms with E-state index in [1.807, 2.05) is 33.5 Å². The predicted octanol–water partition coefficient (Wildman–Crippen LogP) is 4.00. The van der Waals surface area contributed by atoms with Crippen LogP contribution in [0.15, 0.2) is 53.7 Å². The summed E-state index contributed by atoms with van der Waals surface area (Å²) < 4.78 is 69.3. The second-order valence-corrected chi connectivity index (χ2v) is 16.0. The zero-order chi connectivity index (χ0) is 38.1. The number of benzene rings is 2. The minimum Gasteiger partial charge on any atom is -0.367 e. The summed E-state index contributed by atoms with van der Waals surface area (Å²) >= 11 is 0. The Hall–Kier alpha value is -4.48. The van der Waals surface area contributed by atoms with Gasteiger partial charge in [0, 0.05) is 82.8 Å². The van der Waals surface area contributed by atoms with Crippen molar-refractivity contribution in [1.29, 1.82) is 0 Å². The Labute approximate surface area is 312 Å². The zero-order valence-electron chi connectivity index (χ0n) is 29.8. The molecule has 5 heterocycles. The topological polar surface area (TPSA) is 131 Å². The van der Waals surface area contributed by atoms with E-state index in [4.69, 9.17) is 0 Å². The number of hydrogen-bond donors (Lipinski definition) is 2. The summed E-state index contributed by atoms with van der Waals surface area (Å²) in [5, 5.41) is 5.38. The lowest BCUT2D eigenvalue weighted by Crippen LogP contribution is -2.52. The number of carbonyl (C=O) groups is 3. The quantitative estimate of drug-likeness (QED) is 0.232. The second kappa shape index (κ2) is 15.7. The van der Waals surface area contributed by atoms with Gasteiger partial charge in [0.2, 0.25) is 17.8 Å². The van der Waals surface area contributed by atoms with Gasteiger partial charge in [0.15, 0.2) is 0 Å². The summed E-state index contributed by atoms with van der Waals surface area (Å²) in [5.74, 6) is -1.28.